The second-order valence-corrected chi connectivity index (χ2v) is 2.12. The van der Waals surface area contributed by atoms with Crippen LogP contribution in [0, 0.1) is 0 Å². The van der Waals surface area contributed by atoms with Crippen LogP contribution in [-0.2, 0) is 0 Å². The predicted octanol–water partition coefficient (Wildman–Crippen LogP) is -0.609. The summed E-state index contributed by atoms with van der Waals surface area (Å²) in [7, 11) is 0. The third-order valence-corrected chi connectivity index (χ3v) is 0.918. The second kappa shape index (κ2) is 3.83. The van der Waals surface area contributed by atoms with Crippen molar-refractivity contribution in [2.75, 3.05) is 0 Å². The molecule has 3 heteroatoms. The Kier molecular flexibility index (Phi) is 3.77. The van der Waals surface area contributed by atoms with E-state index in [1.54, 1.807) is 0 Å². The van der Waals surface area contributed by atoms with E-state index in [2.05, 4.69) is 0 Å². The quantitative estimate of drug-likeness (QED) is 0.433. The zero-order valence-electron chi connectivity index (χ0n) is 5.17. The highest BCUT2D eigenvalue weighted by Crippen LogP contribution is 1.93. The summed E-state index contributed by atoms with van der Waals surface area (Å²) < 4.78 is 0. The van der Waals surface area contributed by atoms with Crippen LogP contribution < -0.4 is 11.5 Å². The summed E-state index contributed by atoms with van der Waals surface area (Å²) >= 11 is 0. The summed E-state index contributed by atoms with van der Waals surface area (Å²) in [5.74, 6) is 0. The Hall–Kier alpha value is -0.120. The minimum absolute atomic E-state index is 0.146. The van der Waals surface area contributed by atoms with Crippen molar-refractivity contribution < 1.29 is 5.11 Å². The van der Waals surface area contributed by atoms with Crippen molar-refractivity contribution in [3.05, 3.63) is 0 Å². The highest BCUT2D eigenvalue weighted by Gasteiger charge is 1.97. The van der Waals surface area contributed by atoms with Gasteiger partial charge in [0.2, 0.25) is 0 Å². The average molecular weight is 118 g/mol. The van der Waals surface area contributed by atoms with Gasteiger partial charge in [0.25, 0.3) is 0 Å². The smallest absolute Gasteiger partial charge is 0.102 e. The van der Waals surface area contributed by atoms with Crippen LogP contribution in [0.25, 0.3) is 0 Å². The molecule has 0 rings (SSSR count). The van der Waals surface area contributed by atoms with Crippen LogP contribution in [0.5, 0.6) is 0 Å². The van der Waals surface area contributed by atoms with Crippen molar-refractivity contribution >= 4 is 0 Å². The van der Waals surface area contributed by atoms with E-state index in [-0.39, 0.29) is 6.04 Å². The molecule has 3 nitrogen and oxygen atoms in total. The zero-order valence-corrected chi connectivity index (χ0v) is 5.17. The molecule has 0 spiro atoms. The maximum atomic E-state index is 8.52. The monoisotopic (exact) mass is 118 g/mol. The molecule has 0 heterocycles. The summed E-state index contributed by atoms with van der Waals surface area (Å²) in [5.41, 5.74) is 10.4. The SMILES string of the molecule is C[C@@H](N)CCC(N)O. The van der Waals surface area contributed by atoms with Crippen molar-refractivity contribution in [1.82, 2.24) is 0 Å². The molecule has 0 aromatic rings. The van der Waals surface area contributed by atoms with Gasteiger partial charge >= 0.3 is 0 Å². The Morgan fingerprint density at radius 3 is 2.00 bits per heavy atom. The first-order valence-corrected chi connectivity index (χ1v) is 2.82. The van der Waals surface area contributed by atoms with E-state index < -0.39 is 6.23 Å². The third kappa shape index (κ3) is 5.88. The minimum Gasteiger partial charge on any atom is -0.379 e. The van der Waals surface area contributed by atoms with Gasteiger partial charge in [0.1, 0.15) is 6.23 Å². The van der Waals surface area contributed by atoms with Crippen LogP contribution in [0.4, 0.5) is 0 Å². The molecule has 50 valence electrons. The van der Waals surface area contributed by atoms with Crippen LogP contribution >= 0.6 is 0 Å². The lowest BCUT2D eigenvalue weighted by Gasteiger charge is -2.05. The highest BCUT2D eigenvalue weighted by molar-refractivity contribution is 4.54. The Bertz CT molecular complexity index is 46.4. The molecule has 8 heavy (non-hydrogen) atoms. The molecule has 2 atom stereocenters. The molecular weight excluding hydrogens is 104 g/mol. The molecule has 5 N–H and O–H groups in total. The topological polar surface area (TPSA) is 72.3 Å². The van der Waals surface area contributed by atoms with Gasteiger partial charge in [-0.3, -0.25) is 0 Å². The lowest BCUT2D eigenvalue weighted by molar-refractivity contribution is 0.167. The fraction of sp³-hybridized carbons (Fsp3) is 1.00. The minimum atomic E-state index is -0.694. The van der Waals surface area contributed by atoms with Crippen LogP contribution in [0.2, 0.25) is 0 Å². The van der Waals surface area contributed by atoms with Gasteiger partial charge in [-0.1, -0.05) is 0 Å². The Morgan fingerprint density at radius 2 is 1.88 bits per heavy atom. The lowest BCUT2D eigenvalue weighted by atomic mass is 10.2. The molecule has 0 aliphatic rings. The van der Waals surface area contributed by atoms with Crippen molar-refractivity contribution in [3.8, 4) is 0 Å². The van der Waals surface area contributed by atoms with Gasteiger partial charge < -0.3 is 16.6 Å². The van der Waals surface area contributed by atoms with Gasteiger partial charge in [0, 0.05) is 6.04 Å². The molecule has 0 fully saturated rings. The number of hydrogen-bond acceptors (Lipinski definition) is 3. The van der Waals surface area contributed by atoms with E-state index >= 15 is 0 Å². The van der Waals surface area contributed by atoms with Gasteiger partial charge in [-0.05, 0) is 19.8 Å². The van der Waals surface area contributed by atoms with E-state index in [9.17, 15) is 0 Å². The van der Waals surface area contributed by atoms with Crippen LogP contribution in [0.3, 0.4) is 0 Å². The summed E-state index contributed by atoms with van der Waals surface area (Å²) in [5, 5.41) is 8.52. The first-order chi connectivity index (χ1) is 3.63. The molecule has 0 bridgehead atoms. The average Bonchev–Trinajstić information content (AvgIpc) is 1.61. The van der Waals surface area contributed by atoms with E-state index in [1.807, 2.05) is 6.92 Å². The van der Waals surface area contributed by atoms with Crippen LogP contribution in [0.1, 0.15) is 19.8 Å². The zero-order chi connectivity index (χ0) is 6.57. The molecule has 1 unspecified atom stereocenters. The Labute approximate surface area is 49.7 Å². The fourth-order valence-electron chi connectivity index (χ4n) is 0.434. The Balaban J connectivity index is 2.93. The van der Waals surface area contributed by atoms with Gasteiger partial charge in [-0.2, -0.15) is 0 Å². The normalized spacial score (nSPS) is 18.0. The third-order valence-electron chi connectivity index (χ3n) is 0.918. The maximum Gasteiger partial charge on any atom is 0.102 e. The van der Waals surface area contributed by atoms with Gasteiger partial charge in [0.15, 0.2) is 0 Å². The summed E-state index contributed by atoms with van der Waals surface area (Å²) in [6.45, 7) is 1.89. The molecule has 0 radical (unpaired) electrons. The standard InChI is InChI=1S/C5H14N2O/c1-4(6)2-3-5(7)8/h4-5,8H,2-3,6-7H2,1H3/t4-,5?/m1/s1. The van der Waals surface area contributed by atoms with Gasteiger partial charge in [-0.25, -0.2) is 0 Å². The molecule has 0 aromatic carbocycles. The largest absolute Gasteiger partial charge is 0.379 e. The van der Waals surface area contributed by atoms with E-state index in [4.69, 9.17) is 16.6 Å². The van der Waals surface area contributed by atoms with Crippen LogP contribution in [-0.4, -0.2) is 17.4 Å². The molecule has 0 amide bonds. The number of nitrogens with two attached hydrogens (primary N) is 2. The van der Waals surface area contributed by atoms with Gasteiger partial charge in [0.05, 0.1) is 0 Å². The summed E-state index contributed by atoms with van der Waals surface area (Å²) in [6, 6.07) is 0.146. The molecule has 0 aliphatic carbocycles. The van der Waals surface area contributed by atoms with Crippen molar-refractivity contribution in [1.29, 1.82) is 0 Å². The lowest BCUT2D eigenvalue weighted by Crippen LogP contribution is -2.23. The predicted molar refractivity (Wildman–Crippen MR) is 33.1 cm³/mol. The maximum absolute atomic E-state index is 8.52. The number of aliphatic hydroxyl groups excluding tert-OH is 1. The first-order valence-electron chi connectivity index (χ1n) is 2.82. The summed E-state index contributed by atoms with van der Waals surface area (Å²) in [4.78, 5) is 0. The van der Waals surface area contributed by atoms with E-state index in [0.717, 1.165) is 6.42 Å². The van der Waals surface area contributed by atoms with E-state index in [1.165, 1.54) is 0 Å². The number of rotatable bonds is 3. The van der Waals surface area contributed by atoms with Crippen molar-refractivity contribution in [2.24, 2.45) is 11.5 Å². The number of aliphatic hydroxyl groups is 1. The van der Waals surface area contributed by atoms with Crippen LogP contribution in [0.15, 0.2) is 0 Å². The highest BCUT2D eigenvalue weighted by atomic mass is 16.3. The molecule has 0 aromatic heterocycles. The van der Waals surface area contributed by atoms with Crippen molar-refractivity contribution in [2.45, 2.75) is 32.0 Å². The van der Waals surface area contributed by atoms with E-state index in [0.29, 0.717) is 6.42 Å². The molecule has 0 aliphatic heterocycles. The van der Waals surface area contributed by atoms with Crippen molar-refractivity contribution in [3.63, 3.8) is 0 Å². The fourth-order valence-corrected chi connectivity index (χ4v) is 0.434. The summed E-state index contributed by atoms with van der Waals surface area (Å²) in [6.07, 6.45) is 0.691. The number of hydrogen-bond donors (Lipinski definition) is 3. The molecular formula is C5H14N2O. The molecule has 0 saturated heterocycles. The second-order valence-electron chi connectivity index (χ2n) is 2.12. The first kappa shape index (κ1) is 7.88. The Morgan fingerprint density at radius 1 is 1.38 bits per heavy atom. The van der Waals surface area contributed by atoms with Gasteiger partial charge in [-0.15, -0.1) is 0 Å². The molecule has 0 saturated carbocycles.